The molecule has 0 unspecified atom stereocenters. The number of aryl methyl sites for hydroxylation is 1. The average Bonchev–Trinajstić information content (AvgIpc) is 2.45. The Hall–Kier alpha value is -1.14. The fourth-order valence-electron chi connectivity index (χ4n) is 1.03. The zero-order valence-electron chi connectivity index (χ0n) is 9.00. The number of thiazole rings is 1. The molecule has 0 aliphatic heterocycles. The van der Waals surface area contributed by atoms with Crippen LogP contribution in [0.2, 0.25) is 0 Å². The van der Waals surface area contributed by atoms with Crippen LogP contribution in [0.5, 0.6) is 0 Å². The molecule has 15 heavy (non-hydrogen) atoms. The molecule has 5 nitrogen and oxygen atoms in total. The second kappa shape index (κ2) is 4.16. The van der Waals surface area contributed by atoms with E-state index in [4.69, 9.17) is 10.8 Å². The van der Waals surface area contributed by atoms with E-state index in [1.807, 2.05) is 0 Å². The highest BCUT2D eigenvalue weighted by Gasteiger charge is 2.22. The summed E-state index contributed by atoms with van der Waals surface area (Å²) in [6.45, 7) is 5.09. The van der Waals surface area contributed by atoms with Gasteiger partial charge < -0.3 is 16.2 Å². The van der Waals surface area contributed by atoms with Crippen molar-refractivity contribution < 1.29 is 9.90 Å². The first kappa shape index (κ1) is 11.9. The van der Waals surface area contributed by atoms with Crippen molar-refractivity contribution in [2.75, 3.05) is 12.3 Å². The molecule has 84 valence electrons. The molecule has 1 amide bonds. The van der Waals surface area contributed by atoms with Crippen LogP contribution in [-0.4, -0.2) is 28.1 Å². The third-order valence-corrected chi connectivity index (χ3v) is 2.85. The van der Waals surface area contributed by atoms with Crippen LogP contribution >= 0.6 is 11.3 Å². The van der Waals surface area contributed by atoms with Gasteiger partial charge in [-0.1, -0.05) is 11.3 Å². The second-order valence-corrected chi connectivity index (χ2v) is 4.99. The minimum atomic E-state index is -0.637. The maximum atomic E-state index is 11.7. The van der Waals surface area contributed by atoms with Crippen molar-refractivity contribution in [3.05, 3.63) is 10.6 Å². The number of amides is 1. The van der Waals surface area contributed by atoms with Gasteiger partial charge in [-0.25, -0.2) is 4.98 Å². The zero-order chi connectivity index (χ0) is 11.6. The number of aliphatic hydroxyl groups excluding tert-OH is 1. The van der Waals surface area contributed by atoms with E-state index in [0.717, 1.165) is 11.3 Å². The Morgan fingerprint density at radius 2 is 2.27 bits per heavy atom. The van der Waals surface area contributed by atoms with Gasteiger partial charge in [0.25, 0.3) is 5.91 Å². The summed E-state index contributed by atoms with van der Waals surface area (Å²) in [5.41, 5.74) is 5.47. The molecule has 0 radical (unpaired) electrons. The summed E-state index contributed by atoms with van der Waals surface area (Å²) in [7, 11) is 0. The number of nitrogen functional groups attached to an aromatic ring is 1. The van der Waals surface area contributed by atoms with Gasteiger partial charge in [-0.3, -0.25) is 4.79 Å². The third kappa shape index (κ3) is 2.90. The smallest absolute Gasteiger partial charge is 0.263 e. The van der Waals surface area contributed by atoms with Crippen LogP contribution in [0.4, 0.5) is 5.13 Å². The van der Waals surface area contributed by atoms with E-state index in [2.05, 4.69) is 10.3 Å². The first-order chi connectivity index (χ1) is 6.85. The van der Waals surface area contributed by atoms with E-state index in [-0.39, 0.29) is 12.5 Å². The molecular formula is C9H15N3O2S. The van der Waals surface area contributed by atoms with Crippen LogP contribution in [0, 0.1) is 6.92 Å². The Bertz CT molecular complexity index is 373. The van der Waals surface area contributed by atoms with Gasteiger partial charge in [0.05, 0.1) is 17.8 Å². The quantitative estimate of drug-likeness (QED) is 0.705. The number of aromatic nitrogens is 1. The standard InChI is InChI=1S/C9H15N3O2S/c1-5-6(15-8(10)11-5)7(14)12-9(2,3)4-13/h13H,4H2,1-3H3,(H2,10,11)(H,12,14). The van der Waals surface area contributed by atoms with Crippen molar-refractivity contribution in [2.24, 2.45) is 0 Å². The predicted octanol–water partition coefficient (Wildman–Crippen LogP) is 0.534. The number of carbonyl (C=O) groups is 1. The van der Waals surface area contributed by atoms with Crippen molar-refractivity contribution in [2.45, 2.75) is 26.3 Å². The van der Waals surface area contributed by atoms with E-state index in [1.165, 1.54) is 0 Å². The van der Waals surface area contributed by atoms with Crippen molar-refractivity contribution in [1.29, 1.82) is 0 Å². The largest absolute Gasteiger partial charge is 0.394 e. The van der Waals surface area contributed by atoms with Gasteiger partial charge in [-0.15, -0.1) is 0 Å². The summed E-state index contributed by atoms with van der Waals surface area (Å²) >= 11 is 1.15. The van der Waals surface area contributed by atoms with Gasteiger partial charge in [0, 0.05) is 0 Å². The second-order valence-electron chi connectivity index (χ2n) is 3.96. The van der Waals surface area contributed by atoms with Gasteiger partial charge in [-0.05, 0) is 20.8 Å². The number of hydrogen-bond acceptors (Lipinski definition) is 5. The summed E-state index contributed by atoms with van der Waals surface area (Å²) in [5, 5.41) is 12.1. The monoisotopic (exact) mass is 229 g/mol. The van der Waals surface area contributed by atoms with Gasteiger partial charge in [0.2, 0.25) is 0 Å². The molecule has 0 aromatic carbocycles. The van der Waals surface area contributed by atoms with Crippen LogP contribution < -0.4 is 11.1 Å². The van der Waals surface area contributed by atoms with Gasteiger partial charge in [0.1, 0.15) is 4.88 Å². The van der Waals surface area contributed by atoms with E-state index in [1.54, 1.807) is 20.8 Å². The number of hydrogen-bond donors (Lipinski definition) is 3. The van der Waals surface area contributed by atoms with Gasteiger partial charge in [-0.2, -0.15) is 0 Å². The fraction of sp³-hybridized carbons (Fsp3) is 0.556. The van der Waals surface area contributed by atoms with Crippen LogP contribution in [-0.2, 0) is 0 Å². The number of nitrogens with two attached hydrogens (primary N) is 1. The Kier molecular flexibility index (Phi) is 3.31. The molecule has 0 saturated heterocycles. The Morgan fingerprint density at radius 1 is 1.67 bits per heavy atom. The van der Waals surface area contributed by atoms with Crippen LogP contribution in [0.3, 0.4) is 0 Å². The lowest BCUT2D eigenvalue weighted by Gasteiger charge is -2.22. The summed E-state index contributed by atoms with van der Waals surface area (Å²) in [6, 6.07) is 0. The Balaban J connectivity index is 2.82. The number of nitrogens with zero attached hydrogens (tertiary/aromatic N) is 1. The molecule has 0 aliphatic carbocycles. The molecule has 0 bridgehead atoms. The lowest BCUT2D eigenvalue weighted by molar-refractivity contribution is 0.0872. The number of carbonyl (C=O) groups excluding carboxylic acids is 1. The maximum Gasteiger partial charge on any atom is 0.263 e. The molecule has 0 fully saturated rings. The molecule has 1 aromatic rings. The highest BCUT2D eigenvalue weighted by molar-refractivity contribution is 7.17. The molecule has 0 saturated carbocycles. The van der Waals surface area contributed by atoms with E-state index in [0.29, 0.717) is 15.7 Å². The Labute approximate surface area is 92.3 Å². The molecule has 6 heteroatoms. The molecule has 1 aromatic heterocycles. The Morgan fingerprint density at radius 3 is 2.67 bits per heavy atom. The van der Waals surface area contributed by atoms with Gasteiger partial charge in [0.15, 0.2) is 5.13 Å². The molecule has 4 N–H and O–H groups in total. The fourth-order valence-corrected chi connectivity index (χ4v) is 1.76. The molecule has 1 heterocycles. The first-order valence-electron chi connectivity index (χ1n) is 4.52. The molecule has 0 spiro atoms. The number of rotatable bonds is 3. The molecule has 1 rings (SSSR count). The van der Waals surface area contributed by atoms with Crippen molar-refractivity contribution in [3.8, 4) is 0 Å². The number of aliphatic hydroxyl groups is 1. The number of nitrogens with one attached hydrogen (secondary N) is 1. The summed E-state index contributed by atoms with van der Waals surface area (Å²) in [4.78, 5) is 16.2. The third-order valence-electron chi connectivity index (χ3n) is 1.87. The lowest BCUT2D eigenvalue weighted by atomic mass is 10.1. The molecule has 0 atom stereocenters. The summed E-state index contributed by atoms with van der Waals surface area (Å²) in [5.74, 6) is -0.249. The topological polar surface area (TPSA) is 88.2 Å². The van der Waals surface area contributed by atoms with E-state index >= 15 is 0 Å². The van der Waals surface area contributed by atoms with E-state index in [9.17, 15) is 4.79 Å². The van der Waals surface area contributed by atoms with Crippen molar-refractivity contribution in [3.63, 3.8) is 0 Å². The average molecular weight is 229 g/mol. The summed E-state index contributed by atoms with van der Waals surface area (Å²) < 4.78 is 0. The minimum Gasteiger partial charge on any atom is -0.394 e. The lowest BCUT2D eigenvalue weighted by Crippen LogP contribution is -2.46. The van der Waals surface area contributed by atoms with Crippen LogP contribution in [0.15, 0.2) is 0 Å². The highest BCUT2D eigenvalue weighted by atomic mass is 32.1. The zero-order valence-corrected chi connectivity index (χ0v) is 9.81. The van der Waals surface area contributed by atoms with Crippen molar-refractivity contribution in [1.82, 2.24) is 10.3 Å². The first-order valence-corrected chi connectivity index (χ1v) is 5.33. The molecular weight excluding hydrogens is 214 g/mol. The van der Waals surface area contributed by atoms with Gasteiger partial charge >= 0.3 is 0 Å². The molecule has 0 aliphatic rings. The highest BCUT2D eigenvalue weighted by Crippen LogP contribution is 2.20. The number of anilines is 1. The summed E-state index contributed by atoms with van der Waals surface area (Å²) in [6.07, 6.45) is 0. The van der Waals surface area contributed by atoms with Crippen LogP contribution in [0.25, 0.3) is 0 Å². The minimum absolute atomic E-state index is 0.119. The SMILES string of the molecule is Cc1nc(N)sc1C(=O)NC(C)(C)CO. The maximum absolute atomic E-state index is 11.7. The van der Waals surface area contributed by atoms with E-state index < -0.39 is 5.54 Å². The van der Waals surface area contributed by atoms with Crippen LogP contribution in [0.1, 0.15) is 29.2 Å². The normalized spacial score (nSPS) is 11.5. The van der Waals surface area contributed by atoms with Crippen molar-refractivity contribution >= 4 is 22.4 Å². The predicted molar refractivity (Wildman–Crippen MR) is 59.9 cm³/mol.